The zero-order chi connectivity index (χ0) is 19.9. The number of tetrazole rings is 1. The van der Waals surface area contributed by atoms with E-state index in [1.165, 1.54) is 4.80 Å². The van der Waals surface area contributed by atoms with Crippen LogP contribution in [0.15, 0.2) is 54.6 Å². The molecule has 3 aromatic rings. The molecule has 0 saturated carbocycles. The van der Waals surface area contributed by atoms with Crippen LogP contribution in [0.2, 0.25) is 0 Å². The number of ether oxygens (including phenoxy) is 1. The number of aliphatic carboxylic acids is 1. The number of aromatic nitrogens is 4. The molecule has 1 aromatic heterocycles. The minimum absolute atomic E-state index is 0.196. The molecule has 0 spiro atoms. The third-order valence-corrected chi connectivity index (χ3v) is 3.91. The lowest BCUT2D eigenvalue weighted by atomic mass is 10.1. The second-order valence-electron chi connectivity index (χ2n) is 6.06. The van der Waals surface area contributed by atoms with Crippen LogP contribution in [0.3, 0.4) is 0 Å². The highest BCUT2D eigenvalue weighted by molar-refractivity contribution is 5.84. The van der Waals surface area contributed by atoms with E-state index in [1.54, 1.807) is 31.3 Å². The highest BCUT2D eigenvalue weighted by Crippen LogP contribution is 2.18. The van der Waals surface area contributed by atoms with Crippen LogP contribution in [0.4, 0.5) is 0 Å². The van der Waals surface area contributed by atoms with Crippen LogP contribution >= 0.6 is 0 Å². The van der Waals surface area contributed by atoms with Crippen LogP contribution in [0, 0.1) is 0 Å². The van der Waals surface area contributed by atoms with E-state index in [0.717, 1.165) is 11.1 Å². The average Bonchev–Trinajstić information content (AvgIpc) is 3.13. The highest BCUT2D eigenvalue weighted by atomic mass is 16.5. The number of benzene rings is 2. The number of amides is 1. The van der Waals surface area contributed by atoms with Gasteiger partial charge in [-0.05, 0) is 35.0 Å². The van der Waals surface area contributed by atoms with Gasteiger partial charge in [-0.25, -0.2) is 4.79 Å². The van der Waals surface area contributed by atoms with Gasteiger partial charge in [-0.1, -0.05) is 30.3 Å². The highest BCUT2D eigenvalue weighted by Gasteiger charge is 2.20. The molecule has 9 heteroatoms. The van der Waals surface area contributed by atoms with E-state index in [0.29, 0.717) is 11.6 Å². The first-order valence-electron chi connectivity index (χ1n) is 8.54. The fourth-order valence-electron chi connectivity index (χ4n) is 2.53. The number of carboxylic acid groups (broad SMARTS) is 1. The zero-order valence-corrected chi connectivity index (χ0v) is 15.1. The molecule has 0 saturated heterocycles. The van der Waals surface area contributed by atoms with Crippen LogP contribution in [0.5, 0.6) is 5.75 Å². The van der Waals surface area contributed by atoms with E-state index in [-0.39, 0.29) is 13.0 Å². The van der Waals surface area contributed by atoms with Crippen LogP contribution in [0.25, 0.3) is 11.4 Å². The second kappa shape index (κ2) is 8.76. The number of hydrogen-bond donors (Lipinski definition) is 2. The van der Waals surface area contributed by atoms with Gasteiger partial charge in [0, 0.05) is 12.0 Å². The summed E-state index contributed by atoms with van der Waals surface area (Å²) in [5, 5.41) is 23.6. The van der Waals surface area contributed by atoms with E-state index in [2.05, 4.69) is 20.7 Å². The van der Waals surface area contributed by atoms with E-state index in [9.17, 15) is 14.7 Å². The van der Waals surface area contributed by atoms with E-state index in [4.69, 9.17) is 4.74 Å². The summed E-state index contributed by atoms with van der Waals surface area (Å²) in [4.78, 5) is 24.9. The predicted octanol–water partition coefficient (Wildman–Crippen LogP) is 1.07. The van der Waals surface area contributed by atoms with Gasteiger partial charge >= 0.3 is 5.97 Å². The Morgan fingerprint density at radius 3 is 2.46 bits per heavy atom. The SMILES string of the molecule is Cn1nnc(-c2ccc(OCC(=O)N[C@@H](Cc3ccccc3)C(=O)O)cc2)n1. The summed E-state index contributed by atoms with van der Waals surface area (Å²) in [6.45, 7) is -0.290. The van der Waals surface area contributed by atoms with Crippen molar-refractivity contribution in [1.82, 2.24) is 25.5 Å². The number of hydrogen-bond acceptors (Lipinski definition) is 6. The normalized spacial score (nSPS) is 11.6. The Kier molecular flexibility index (Phi) is 5.95. The van der Waals surface area contributed by atoms with Gasteiger partial charge in [0.2, 0.25) is 5.82 Å². The quantitative estimate of drug-likeness (QED) is 0.599. The van der Waals surface area contributed by atoms with E-state index < -0.39 is 17.9 Å². The Morgan fingerprint density at radius 2 is 1.86 bits per heavy atom. The molecule has 0 aliphatic carbocycles. The Morgan fingerprint density at radius 1 is 1.14 bits per heavy atom. The third kappa shape index (κ3) is 5.13. The van der Waals surface area contributed by atoms with Crippen molar-refractivity contribution in [1.29, 1.82) is 0 Å². The van der Waals surface area contributed by atoms with Gasteiger partial charge < -0.3 is 15.2 Å². The molecule has 1 heterocycles. The topological polar surface area (TPSA) is 119 Å². The average molecular weight is 381 g/mol. The summed E-state index contributed by atoms with van der Waals surface area (Å²) in [6, 6.07) is 14.9. The van der Waals surface area contributed by atoms with Crippen LogP contribution < -0.4 is 10.1 Å². The van der Waals surface area contributed by atoms with Gasteiger partial charge in [-0.2, -0.15) is 4.80 Å². The maximum atomic E-state index is 12.1. The second-order valence-corrected chi connectivity index (χ2v) is 6.06. The maximum Gasteiger partial charge on any atom is 0.326 e. The van der Waals surface area contributed by atoms with Crippen LogP contribution in [-0.2, 0) is 23.1 Å². The molecule has 0 unspecified atom stereocenters. The molecule has 0 aliphatic rings. The van der Waals surface area contributed by atoms with Gasteiger partial charge in [0.1, 0.15) is 11.8 Å². The molecule has 28 heavy (non-hydrogen) atoms. The number of nitrogens with one attached hydrogen (secondary N) is 1. The fraction of sp³-hybridized carbons (Fsp3) is 0.211. The van der Waals surface area contributed by atoms with Gasteiger partial charge in [0.15, 0.2) is 6.61 Å². The van der Waals surface area contributed by atoms with Crippen molar-refractivity contribution in [2.24, 2.45) is 7.05 Å². The Bertz CT molecular complexity index is 940. The first-order valence-corrected chi connectivity index (χ1v) is 8.54. The Balaban J connectivity index is 1.53. The molecular formula is C19H19N5O4. The van der Waals surface area contributed by atoms with Crippen molar-refractivity contribution >= 4 is 11.9 Å². The lowest BCUT2D eigenvalue weighted by molar-refractivity contribution is -0.142. The van der Waals surface area contributed by atoms with E-state index in [1.807, 2.05) is 30.3 Å². The van der Waals surface area contributed by atoms with Crippen LogP contribution in [-0.4, -0.2) is 49.8 Å². The molecular weight excluding hydrogens is 362 g/mol. The minimum atomic E-state index is -1.10. The lowest BCUT2D eigenvalue weighted by Gasteiger charge is -2.15. The molecule has 3 rings (SSSR count). The van der Waals surface area contributed by atoms with Gasteiger partial charge in [0.25, 0.3) is 5.91 Å². The number of rotatable bonds is 8. The maximum absolute atomic E-state index is 12.1. The summed E-state index contributed by atoms with van der Waals surface area (Å²) >= 11 is 0. The Labute approximate surface area is 160 Å². The first-order chi connectivity index (χ1) is 13.5. The predicted molar refractivity (Wildman–Crippen MR) is 99.4 cm³/mol. The molecule has 1 amide bonds. The Hall–Kier alpha value is -3.75. The number of aryl methyl sites for hydroxylation is 1. The molecule has 0 fully saturated rings. The molecule has 2 aromatic carbocycles. The van der Waals surface area contributed by atoms with Crippen LogP contribution in [0.1, 0.15) is 5.56 Å². The fourth-order valence-corrected chi connectivity index (χ4v) is 2.53. The molecule has 1 atom stereocenters. The number of carboxylic acids is 1. The van der Waals surface area contributed by atoms with Crippen molar-refractivity contribution in [2.45, 2.75) is 12.5 Å². The first kappa shape index (κ1) is 19.0. The summed E-state index contributed by atoms with van der Waals surface area (Å²) in [5.41, 5.74) is 1.59. The summed E-state index contributed by atoms with van der Waals surface area (Å²) in [6.07, 6.45) is 0.196. The van der Waals surface area contributed by atoms with E-state index >= 15 is 0 Å². The summed E-state index contributed by atoms with van der Waals surface area (Å²) < 4.78 is 5.43. The van der Waals surface area contributed by atoms with Crippen molar-refractivity contribution < 1.29 is 19.4 Å². The summed E-state index contributed by atoms with van der Waals surface area (Å²) in [7, 11) is 1.68. The molecule has 0 radical (unpaired) electrons. The van der Waals surface area contributed by atoms with Gasteiger partial charge in [-0.3, -0.25) is 4.79 Å². The van der Waals surface area contributed by atoms with Crippen molar-refractivity contribution in [3.8, 4) is 17.1 Å². The smallest absolute Gasteiger partial charge is 0.326 e. The van der Waals surface area contributed by atoms with Crippen molar-refractivity contribution in [3.05, 3.63) is 60.2 Å². The molecule has 144 valence electrons. The molecule has 2 N–H and O–H groups in total. The summed E-state index contributed by atoms with van der Waals surface area (Å²) in [5.74, 6) is -0.657. The number of nitrogens with zero attached hydrogens (tertiary/aromatic N) is 4. The lowest BCUT2D eigenvalue weighted by Crippen LogP contribution is -2.44. The molecule has 0 bridgehead atoms. The molecule has 9 nitrogen and oxygen atoms in total. The monoisotopic (exact) mass is 381 g/mol. The largest absolute Gasteiger partial charge is 0.484 e. The van der Waals surface area contributed by atoms with Crippen molar-refractivity contribution in [3.63, 3.8) is 0 Å². The minimum Gasteiger partial charge on any atom is -0.484 e. The standard InChI is InChI=1S/C19H19N5O4/c1-24-22-18(21-23-24)14-7-9-15(10-8-14)28-12-17(25)20-16(19(26)27)11-13-5-3-2-4-6-13/h2-10,16H,11-12H2,1H3,(H,20,25)(H,26,27)/t16-/m0/s1. The van der Waals surface area contributed by atoms with Gasteiger partial charge in [-0.15, -0.1) is 10.2 Å². The zero-order valence-electron chi connectivity index (χ0n) is 15.1. The van der Waals surface area contributed by atoms with Crippen molar-refractivity contribution in [2.75, 3.05) is 6.61 Å². The number of carbonyl (C=O) groups excluding carboxylic acids is 1. The van der Waals surface area contributed by atoms with Gasteiger partial charge in [0.05, 0.1) is 7.05 Å². The third-order valence-electron chi connectivity index (χ3n) is 3.91. The number of carbonyl (C=O) groups is 2. The molecule has 0 aliphatic heterocycles.